The van der Waals surface area contributed by atoms with Crippen LogP contribution in [0.15, 0.2) is 51.5 Å². The van der Waals surface area contributed by atoms with Crippen LogP contribution in [0.3, 0.4) is 0 Å². The first kappa shape index (κ1) is 21.6. The summed E-state index contributed by atoms with van der Waals surface area (Å²) in [7, 11) is 3.37. The smallest absolute Gasteiger partial charge is 0.261 e. The van der Waals surface area contributed by atoms with Gasteiger partial charge in [0.15, 0.2) is 5.82 Å². The van der Waals surface area contributed by atoms with E-state index < -0.39 is 0 Å². The van der Waals surface area contributed by atoms with Crippen molar-refractivity contribution in [2.75, 3.05) is 19.4 Å². The number of nitrogens with zero attached hydrogens (tertiary/aromatic N) is 4. The summed E-state index contributed by atoms with van der Waals surface area (Å²) < 4.78 is 7.43. The normalized spacial score (nSPS) is 12.1. The molecule has 0 bridgehead atoms. The Balaban J connectivity index is 2.36. The fourth-order valence-corrected chi connectivity index (χ4v) is 3.85. The van der Waals surface area contributed by atoms with Gasteiger partial charge in [-0.2, -0.15) is 0 Å². The van der Waals surface area contributed by atoms with Crippen molar-refractivity contribution >= 4 is 34.5 Å². The highest BCUT2D eigenvalue weighted by atomic mass is 32.2. The third-order valence-electron chi connectivity index (χ3n) is 4.48. The topological polar surface area (TPSA) is 95.4 Å². The molecule has 0 fully saturated rings. The molecule has 156 valence electrons. The Labute approximate surface area is 179 Å². The van der Waals surface area contributed by atoms with Crippen molar-refractivity contribution in [3.8, 4) is 16.9 Å². The van der Waals surface area contributed by atoms with E-state index >= 15 is 0 Å². The highest BCUT2D eigenvalue weighted by Gasteiger charge is 2.17. The highest BCUT2D eigenvalue weighted by Crippen LogP contribution is 2.36. The molecule has 1 aromatic carbocycles. The van der Waals surface area contributed by atoms with E-state index in [1.54, 1.807) is 49.0 Å². The number of allylic oxidation sites excluding steroid dienone is 1. The maximum atomic E-state index is 12.8. The molecule has 8 heteroatoms. The van der Waals surface area contributed by atoms with Gasteiger partial charge in [0.2, 0.25) is 0 Å². The van der Waals surface area contributed by atoms with Crippen molar-refractivity contribution in [1.82, 2.24) is 14.5 Å². The van der Waals surface area contributed by atoms with Gasteiger partial charge in [0.1, 0.15) is 5.75 Å². The van der Waals surface area contributed by atoms with E-state index in [1.807, 2.05) is 19.1 Å². The minimum atomic E-state index is -0.167. The van der Waals surface area contributed by atoms with Crippen molar-refractivity contribution < 1.29 is 4.74 Å². The largest absolute Gasteiger partial charge is 0.493 e. The van der Waals surface area contributed by atoms with Crippen LogP contribution >= 0.6 is 11.8 Å². The van der Waals surface area contributed by atoms with Crippen LogP contribution < -0.4 is 16.0 Å². The molecule has 0 amide bonds. The Morgan fingerprint density at radius 1 is 1.33 bits per heavy atom. The van der Waals surface area contributed by atoms with E-state index in [1.165, 1.54) is 6.20 Å². The van der Waals surface area contributed by atoms with Crippen LogP contribution in [0.4, 0.5) is 0 Å². The van der Waals surface area contributed by atoms with Crippen LogP contribution in [0.1, 0.15) is 19.7 Å². The van der Waals surface area contributed by atoms with E-state index in [-0.39, 0.29) is 5.56 Å². The van der Waals surface area contributed by atoms with Gasteiger partial charge in [0, 0.05) is 54.9 Å². The third kappa shape index (κ3) is 4.23. The van der Waals surface area contributed by atoms with Gasteiger partial charge in [-0.3, -0.25) is 9.79 Å². The molecule has 0 atom stereocenters. The van der Waals surface area contributed by atoms with E-state index in [0.717, 1.165) is 27.5 Å². The molecule has 3 rings (SSSR count). The predicted molar refractivity (Wildman–Crippen MR) is 124 cm³/mol. The quantitative estimate of drug-likeness (QED) is 0.462. The van der Waals surface area contributed by atoms with Crippen LogP contribution in [0, 0.1) is 0 Å². The summed E-state index contributed by atoms with van der Waals surface area (Å²) in [5, 5.41) is 0.430. The second kappa shape index (κ2) is 9.58. The lowest BCUT2D eigenvalue weighted by Gasteiger charge is -2.15. The predicted octanol–water partition coefficient (Wildman–Crippen LogP) is 3.51. The molecule has 0 spiro atoms. The number of aliphatic imine (C=N–C) groups is 1. The zero-order chi connectivity index (χ0) is 21.7. The Bertz CT molecular complexity index is 1180. The maximum Gasteiger partial charge on any atom is 0.261 e. The Morgan fingerprint density at radius 2 is 2.13 bits per heavy atom. The number of aryl methyl sites for hydroxylation is 1. The molecule has 0 saturated heterocycles. The van der Waals surface area contributed by atoms with Crippen molar-refractivity contribution in [3.05, 3.63) is 53.0 Å². The lowest BCUT2D eigenvalue weighted by atomic mass is 10.0. The number of pyridine rings is 1. The summed E-state index contributed by atoms with van der Waals surface area (Å²) in [6, 6.07) is 6.08. The molecule has 0 radical (unpaired) electrons. The first-order chi connectivity index (χ1) is 14.5. The van der Waals surface area contributed by atoms with Crippen molar-refractivity contribution in [1.29, 1.82) is 0 Å². The van der Waals surface area contributed by atoms with Gasteiger partial charge in [0.25, 0.3) is 5.56 Å². The fraction of sp³-hybridized carbons (Fsp3) is 0.273. The highest BCUT2D eigenvalue weighted by molar-refractivity contribution is 7.99. The number of aromatic nitrogens is 3. The number of thioether (sulfide) groups is 1. The molecule has 0 aliphatic carbocycles. The number of rotatable bonds is 7. The number of ether oxygens (including phenoxy) is 1. The maximum absolute atomic E-state index is 12.8. The molecule has 0 aliphatic rings. The minimum Gasteiger partial charge on any atom is -0.493 e. The van der Waals surface area contributed by atoms with Gasteiger partial charge < -0.3 is 15.0 Å². The van der Waals surface area contributed by atoms with E-state index in [2.05, 4.69) is 23.0 Å². The fourth-order valence-electron chi connectivity index (χ4n) is 3.16. The Kier molecular flexibility index (Phi) is 6.89. The van der Waals surface area contributed by atoms with Crippen LogP contribution in [0.5, 0.6) is 5.75 Å². The van der Waals surface area contributed by atoms with Crippen molar-refractivity contribution in [3.63, 3.8) is 0 Å². The molecular formula is C22H25N5O2S. The summed E-state index contributed by atoms with van der Waals surface area (Å²) in [4.78, 5) is 26.9. The molecule has 0 aliphatic heterocycles. The number of hydrogen-bond acceptors (Lipinski definition) is 7. The molecule has 7 nitrogen and oxygen atoms in total. The average Bonchev–Trinajstić information content (AvgIpc) is 2.75. The second-order valence-electron chi connectivity index (χ2n) is 6.45. The molecule has 3 aromatic rings. The molecule has 0 unspecified atom stereocenters. The first-order valence-corrected chi connectivity index (χ1v) is 10.6. The van der Waals surface area contributed by atoms with Gasteiger partial charge in [-0.05, 0) is 30.9 Å². The zero-order valence-electron chi connectivity index (χ0n) is 17.5. The molecule has 2 heterocycles. The van der Waals surface area contributed by atoms with E-state index in [4.69, 9.17) is 15.5 Å². The Morgan fingerprint density at radius 3 is 2.80 bits per heavy atom. The lowest BCUT2D eigenvalue weighted by Crippen LogP contribution is -2.18. The SMILES string of the molecule is CCOc1ccc(SCC)cc1-c1cn(C)c(=O)c2cnc(C(C=NC)=CN)nc12. The molecule has 2 aromatic heterocycles. The lowest BCUT2D eigenvalue weighted by molar-refractivity contribution is 0.341. The number of benzene rings is 1. The summed E-state index contributed by atoms with van der Waals surface area (Å²) in [6.45, 7) is 4.59. The van der Waals surface area contributed by atoms with E-state index in [9.17, 15) is 4.79 Å². The second-order valence-corrected chi connectivity index (χ2v) is 7.79. The zero-order valence-corrected chi connectivity index (χ0v) is 18.4. The molecule has 2 N–H and O–H groups in total. The summed E-state index contributed by atoms with van der Waals surface area (Å²) in [6.07, 6.45) is 6.33. The van der Waals surface area contributed by atoms with Gasteiger partial charge in [-0.1, -0.05) is 6.92 Å². The summed E-state index contributed by atoms with van der Waals surface area (Å²) in [5.41, 5.74) is 8.36. The van der Waals surface area contributed by atoms with E-state index in [0.29, 0.717) is 28.9 Å². The number of hydrogen-bond donors (Lipinski definition) is 1. The summed E-state index contributed by atoms with van der Waals surface area (Å²) in [5.74, 6) is 2.10. The third-order valence-corrected chi connectivity index (χ3v) is 5.35. The van der Waals surface area contributed by atoms with Gasteiger partial charge in [-0.15, -0.1) is 11.8 Å². The van der Waals surface area contributed by atoms with Crippen LogP contribution in [0.2, 0.25) is 0 Å². The van der Waals surface area contributed by atoms with Crippen molar-refractivity contribution in [2.45, 2.75) is 18.7 Å². The first-order valence-electron chi connectivity index (χ1n) is 9.64. The monoisotopic (exact) mass is 423 g/mol. The molecular weight excluding hydrogens is 398 g/mol. The van der Waals surface area contributed by atoms with Crippen LogP contribution in [0.25, 0.3) is 27.6 Å². The number of fused-ring (bicyclic) bond motifs is 1. The van der Waals surface area contributed by atoms with Gasteiger partial charge >= 0.3 is 0 Å². The van der Waals surface area contributed by atoms with Crippen LogP contribution in [-0.4, -0.2) is 40.2 Å². The number of nitrogens with two attached hydrogens (primary N) is 1. The summed E-state index contributed by atoms with van der Waals surface area (Å²) >= 11 is 1.74. The van der Waals surface area contributed by atoms with Crippen molar-refractivity contribution in [2.24, 2.45) is 17.8 Å². The molecule has 0 saturated carbocycles. The van der Waals surface area contributed by atoms with Crippen LogP contribution in [-0.2, 0) is 7.05 Å². The Hall–Kier alpha value is -3.13. The molecule has 30 heavy (non-hydrogen) atoms. The average molecular weight is 424 g/mol. The van der Waals surface area contributed by atoms with Gasteiger partial charge in [-0.25, -0.2) is 9.97 Å². The van der Waals surface area contributed by atoms with Gasteiger partial charge in [0.05, 0.1) is 23.1 Å². The minimum absolute atomic E-state index is 0.167. The standard InChI is InChI=1S/C22H25N5O2S/c1-5-29-19-8-7-15(30-6-2)9-16(19)18-13-27(4)22(28)17-12-25-21(26-20(17)18)14(10-23)11-24-3/h7-13H,5-6,23H2,1-4H3.